The van der Waals surface area contributed by atoms with Crippen molar-refractivity contribution < 1.29 is 13.9 Å². The minimum atomic E-state index is -0.175. The monoisotopic (exact) mass is 380 g/mol. The van der Waals surface area contributed by atoms with Crippen molar-refractivity contribution in [2.24, 2.45) is 5.41 Å². The molecule has 2 aromatic rings. The van der Waals surface area contributed by atoms with Gasteiger partial charge in [-0.2, -0.15) is 0 Å². The first-order valence-corrected chi connectivity index (χ1v) is 8.58. The van der Waals surface area contributed by atoms with Crippen LogP contribution >= 0.6 is 15.9 Å². The van der Waals surface area contributed by atoms with Crippen LogP contribution in [0.1, 0.15) is 23.4 Å². The molecule has 2 heterocycles. The van der Waals surface area contributed by atoms with E-state index >= 15 is 0 Å². The first-order chi connectivity index (χ1) is 11.1. The van der Waals surface area contributed by atoms with Crippen LogP contribution in [0.5, 0.6) is 0 Å². The van der Waals surface area contributed by atoms with E-state index in [1.807, 2.05) is 18.2 Å². The Morgan fingerprint density at radius 1 is 1.39 bits per heavy atom. The number of carbonyl (C=O) groups excluding carboxylic acids is 1. The van der Waals surface area contributed by atoms with E-state index in [1.54, 1.807) is 13.2 Å². The van der Waals surface area contributed by atoms with Crippen molar-refractivity contribution in [3.05, 3.63) is 34.5 Å². The summed E-state index contributed by atoms with van der Waals surface area (Å²) in [4.78, 5) is 12.4. The molecule has 0 atom stereocenters. The Morgan fingerprint density at radius 2 is 2.17 bits per heavy atom. The number of ether oxygens (including phenoxy) is 1. The Hall–Kier alpha value is -1.37. The molecule has 0 aliphatic carbocycles. The highest BCUT2D eigenvalue weighted by atomic mass is 79.9. The zero-order valence-electron chi connectivity index (χ0n) is 13.2. The maximum atomic E-state index is 12.4. The molecule has 3 rings (SSSR count). The normalized spacial score (nSPS) is 17.3. The molecule has 2 N–H and O–H groups in total. The molecule has 1 aromatic carbocycles. The van der Waals surface area contributed by atoms with Gasteiger partial charge < -0.3 is 19.8 Å². The maximum Gasteiger partial charge on any atom is 0.287 e. The van der Waals surface area contributed by atoms with Gasteiger partial charge in [-0.25, -0.2) is 0 Å². The average molecular weight is 381 g/mol. The molecule has 1 saturated heterocycles. The lowest BCUT2D eigenvalue weighted by atomic mass is 9.79. The van der Waals surface area contributed by atoms with Crippen LogP contribution in [0.15, 0.2) is 33.2 Å². The van der Waals surface area contributed by atoms with Gasteiger partial charge in [0.2, 0.25) is 0 Å². The lowest BCUT2D eigenvalue weighted by Gasteiger charge is -2.37. The summed E-state index contributed by atoms with van der Waals surface area (Å²) in [5.41, 5.74) is 0.719. The van der Waals surface area contributed by atoms with Gasteiger partial charge in [0.05, 0.1) is 6.61 Å². The molecule has 1 aliphatic rings. The van der Waals surface area contributed by atoms with E-state index in [2.05, 4.69) is 26.6 Å². The van der Waals surface area contributed by atoms with E-state index < -0.39 is 0 Å². The maximum absolute atomic E-state index is 12.4. The van der Waals surface area contributed by atoms with Crippen LogP contribution in [-0.2, 0) is 4.74 Å². The second-order valence-electron chi connectivity index (χ2n) is 6.16. The van der Waals surface area contributed by atoms with E-state index in [0.717, 1.165) is 35.8 Å². The van der Waals surface area contributed by atoms with Gasteiger partial charge in [0.1, 0.15) is 5.58 Å². The minimum absolute atomic E-state index is 0.00467. The summed E-state index contributed by atoms with van der Waals surface area (Å²) < 4.78 is 12.0. The molecule has 0 bridgehead atoms. The van der Waals surface area contributed by atoms with E-state index in [-0.39, 0.29) is 11.3 Å². The van der Waals surface area contributed by atoms with Crippen LogP contribution in [0.3, 0.4) is 0 Å². The van der Waals surface area contributed by atoms with Crippen molar-refractivity contribution >= 4 is 32.8 Å². The molecule has 124 valence electrons. The van der Waals surface area contributed by atoms with Gasteiger partial charge in [-0.15, -0.1) is 0 Å². The third kappa shape index (κ3) is 3.76. The summed E-state index contributed by atoms with van der Waals surface area (Å²) in [6.45, 7) is 3.17. The summed E-state index contributed by atoms with van der Waals surface area (Å²) in [6, 6.07) is 7.47. The largest absolute Gasteiger partial charge is 0.451 e. The van der Waals surface area contributed by atoms with Gasteiger partial charge in [0.25, 0.3) is 5.91 Å². The van der Waals surface area contributed by atoms with Crippen molar-refractivity contribution in [3.8, 4) is 0 Å². The quantitative estimate of drug-likeness (QED) is 0.836. The van der Waals surface area contributed by atoms with E-state index in [4.69, 9.17) is 9.15 Å². The predicted octanol–water partition coefficient (Wildman–Crippen LogP) is 2.94. The van der Waals surface area contributed by atoms with Gasteiger partial charge in [0, 0.05) is 28.9 Å². The van der Waals surface area contributed by atoms with Crippen molar-refractivity contribution in [3.63, 3.8) is 0 Å². The van der Waals surface area contributed by atoms with E-state index in [1.165, 1.54) is 0 Å². The highest BCUT2D eigenvalue weighted by Crippen LogP contribution is 2.29. The lowest BCUT2D eigenvalue weighted by molar-refractivity contribution is 0.0506. The summed E-state index contributed by atoms with van der Waals surface area (Å²) in [5.74, 6) is 0.172. The predicted molar refractivity (Wildman–Crippen MR) is 92.7 cm³/mol. The fourth-order valence-corrected chi connectivity index (χ4v) is 3.50. The van der Waals surface area contributed by atoms with Crippen molar-refractivity contribution in [1.82, 2.24) is 10.6 Å². The van der Waals surface area contributed by atoms with Gasteiger partial charge in [0.15, 0.2) is 5.76 Å². The molecule has 0 radical (unpaired) electrons. The molecule has 1 aromatic heterocycles. The molecule has 23 heavy (non-hydrogen) atoms. The zero-order chi connectivity index (χ0) is 16.3. The van der Waals surface area contributed by atoms with Crippen LogP contribution in [0.2, 0.25) is 0 Å². The van der Waals surface area contributed by atoms with Crippen LogP contribution in [0.4, 0.5) is 0 Å². The summed E-state index contributed by atoms with van der Waals surface area (Å²) in [7, 11) is 1.71. The molecule has 1 amide bonds. The third-order valence-corrected chi connectivity index (χ3v) is 4.93. The molecule has 1 fully saturated rings. The average Bonchev–Trinajstić information content (AvgIpc) is 2.97. The zero-order valence-corrected chi connectivity index (χ0v) is 14.7. The molecular formula is C17H21BrN2O3. The molecule has 0 unspecified atom stereocenters. The molecule has 0 spiro atoms. The SMILES string of the molecule is COCC1(CNC(=O)c2cc3cc(Br)ccc3o2)CCNCC1. The number of rotatable bonds is 5. The Labute approximate surface area is 143 Å². The Balaban J connectivity index is 1.69. The molecule has 6 heteroatoms. The highest BCUT2D eigenvalue weighted by Gasteiger charge is 2.32. The standard InChI is InChI=1S/C17H21BrN2O3/c1-22-11-17(4-6-19-7-5-17)10-20-16(21)15-9-12-8-13(18)2-3-14(12)23-15/h2-3,8-9,19H,4-7,10-11H2,1H3,(H,20,21). The van der Waals surface area contributed by atoms with Gasteiger partial charge in [-0.05, 0) is 50.2 Å². The number of furan rings is 1. The molecular weight excluding hydrogens is 360 g/mol. The van der Waals surface area contributed by atoms with Crippen molar-refractivity contribution in [1.29, 1.82) is 0 Å². The number of carbonyl (C=O) groups is 1. The number of fused-ring (bicyclic) bond motifs is 1. The van der Waals surface area contributed by atoms with Crippen LogP contribution < -0.4 is 10.6 Å². The Kier molecular flexibility index (Phi) is 5.04. The van der Waals surface area contributed by atoms with Crippen LogP contribution in [0, 0.1) is 5.41 Å². The highest BCUT2D eigenvalue weighted by molar-refractivity contribution is 9.10. The second kappa shape index (κ2) is 7.03. The van der Waals surface area contributed by atoms with E-state index in [9.17, 15) is 4.79 Å². The van der Waals surface area contributed by atoms with Crippen molar-refractivity contribution in [2.75, 3.05) is 33.4 Å². The number of nitrogens with one attached hydrogen (secondary N) is 2. The molecule has 0 saturated carbocycles. The summed E-state index contributed by atoms with van der Waals surface area (Å²) in [6.07, 6.45) is 1.99. The molecule has 5 nitrogen and oxygen atoms in total. The van der Waals surface area contributed by atoms with Crippen LogP contribution in [0.25, 0.3) is 11.0 Å². The third-order valence-electron chi connectivity index (χ3n) is 4.44. The number of hydrogen-bond acceptors (Lipinski definition) is 4. The number of methoxy groups -OCH3 is 1. The Bertz CT molecular complexity index is 687. The lowest BCUT2D eigenvalue weighted by Crippen LogP contribution is -2.47. The number of amides is 1. The van der Waals surface area contributed by atoms with Crippen molar-refractivity contribution in [2.45, 2.75) is 12.8 Å². The fraction of sp³-hybridized carbons (Fsp3) is 0.471. The van der Waals surface area contributed by atoms with E-state index in [0.29, 0.717) is 24.5 Å². The fourth-order valence-electron chi connectivity index (χ4n) is 3.12. The Morgan fingerprint density at radius 3 is 2.91 bits per heavy atom. The number of halogens is 1. The van der Waals surface area contributed by atoms with Gasteiger partial charge >= 0.3 is 0 Å². The van der Waals surface area contributed by atoms with Gasteiger partial charge in [-0.1, -0.05) is 15.9 Å². The molecule has 1 aliphatic heterocycles. The second-order valence-corrected chi connectivity index (χ2v) is 7.07. The minimum Gasteiger partial charge on any atom is -0.451 e. The number of piperidine rings is 1. The summed E-state index contributed by atoms with van der Waals surface area (Å²) in [5, 5.41) is 7.28. The van der Waals surface area contributed by atoms with Crippen LogP contribution in [-0.4, -0.2) is 39.3 Å². The first-order valence-electron chi connectivity index (χ1n) is 7.79. The summed E-state index contributed by atoms with van der Waals surface area (Å²) >= 11 is 3.42. The first kappa shape index (κ1) is 16.5. The number of benzene rings is 1. The smallest absolute Gasteiger partial charge is 0.287 e. The topological polar surface area (TPSA) is 63.5 Å². The van der Waals surface area contributed by atoms with Gasteiger partial charge in [-0.3, -0.25) is 4.79 Å². The number of hydrogen-bond donors (Lipinski definition) is 2.